The quantitative estimate of drug-likeness (QED) is 0.342. The number of aromatic nitrogens is 2. The van der Waals surface area contributed by atoms with Crippen LogP contribution in [0.15, 0.2) is 72.8 Å². The number of ether oxygens (including phenoxy) is 2. The number of carbonyl (C=O) groups excluding carboxylic acids is 1. The van der Waals surface area contributed by atoms with Gasteiger partial charge in [-0.3, -0.25) is 9.89 Å². The normalized spacial score (nSPS) is 11.5. The van der Waals surface area contributed by atoms with E-state index >= 15 is 0 Å². The van der Waals surface area contributed by atoms with E-state index < -0.39 is 0 Å². The minimum absolute atomic E-state index is 0.0429. The Balaban J connectivity index is 1.32. The molecule has 0 atom stereocenters. The number of anilines is 1. The van der Waals surface area contributed by atoms with Gasteiger partial charge in [0.05, 0.1) is 18.7 Å². The average Bonchev–Trinajstić information content (AvgIpc) is 3.21. The number of aromatic amines is 1. The molecule has 0 aliphatic carbocycles. The van der Waals surface area contributed by atoms with Gasteiger partial charge in [0.2, 0.25) is 0 Å². The predicted molar refractivity (Wildman–Crippen MR) is 131 cm³/mol. The number of rotatable bonds is 8. The van der Waals surface area contributed by atoms with Crippen molar-refractivity contribution in [1.29, 1.82) is 0 Å². The second-order valence-corrected chi connectivity index (χ2v) is 8.95. The summed E-state index contributed by atoms with van der Waals surface area (Å²) >= 11 is 0. The number of amides is 1. The first-order chi connectivity index (χ1) is 15.9. The van der Waals surface area contributed by atoms with Crippen LogP contribution in [0.1, 0.15) is 42.3 Å². The summed E-state index contributed by atoms with van der Waals surface area (Å²) in [6.45, 7) is 7.94. The second kappa shape index (κ2) is 9.88. The van der Waals surface area contributed by atoms with Crippen molar-refractivity contribution in [3.63, 3.8) is 0 Å². The highest BCUT2D eigenvalue weighted by Crippen LogP contribution is 2.26. The molecule has 0 spiro atoms. The van der Waals surface area contributed by atoms with Gasteiger partial charge < -0.3 is 14.8 Å². The predicted octanol–water partition coefficient (Wildman–Crippen LogP) is 5.71. The summed E-state index contributed by atoms with van der Waals surface area (Å²) in [5.74, 6) is 1.01. The van der Waals surface area contributed by atoms with E-state index in [9.17, 15) is 4.79 Å². The van der Waals surface area contributed by atoms with Crippen LogP contribution in [0.2, 0.25) is 0 Å². The number of benzene rings is 3. The van der Waals surface area contributed by atoms with E-state index in [1.165, 1.54) is 5.56 Å². The Morgan fingerprint density at radius 2 is 1.73 bits per heavy atom. The minimum Gasteiger partial charge on any atom is -0.491 e. The molecule has 4 aromatic rings. The molecule has 0 aliphatic rings. The molecule has 0 saturated heterocycles. The first-order valence-electron chi connectivity index (χ1n) is 11.0. The van der Waals surface area contributed by atoms with E-state index in [1.807, 2.05) is 72.8 Å². The van der Waals surface area contributed by atoms with E-state index in [1.54, 1.807) is 0 Å². The van der Waals surface area contributed by atoms with E-state index in [4.69, 9.17) is 9.47 Å². The van der Waals surface area contributed by atoms with Crippen LogP contribution >= 0.6 is 0 Å². The summed E-state index contributed by atoms with van der Waals surface area (Å²) in [6.07, 6.45) is 0. The smallest absolute Gasteiger partial charge is 0.256 e. The highest BCUT2D eigenvalue weighted by molar-refractivity contribution is 6.07. The van der Waals surface area contributed by atoms with Crippen LogP contribution in [0, 0.1) is 0 Å². The Kier molecular flexibility index (Phi) is 6.75. The minimum atomic E-state index is -0.195. The molecule has 3 aromatic carbocycles. The molecular weight excluding hydrogens is 414 g/mol. The number of H-pyrrole nitrogens is 1. The lowest BCUT2D eigenvalue weighted by Gasteiger charge is -2.18. The number of hydrogen-bond acceptors (Lipinski definition) is 4. The fraction of sp³-hybridized carbons (Fsp3) is 0.259. The van der Waals surface area contributed by atoms with Gasteiger partial charge in [-0.1, -0.05) is 63.2 Å². The highest BCUT2D eigenvalue weighted by atomic mass is 16.5. The molecule has 33 heavy (non-hydrogen) atoms. The van der Waals surface area contributed by atoms with Crippen LogP contribution < -0.4 is 10.1 Å². The van der Waals surface area contributed by atoms with E-state index in [-0.39, 0.29) is 11.3 Å². The average molecular weight is 444 g/mol. The molecule has 0 bridgehead atoms. The van der Waals surface area contributed by atoms with Gasteiger partial charge >= 0.3 is 0 Å². The number of carbonyl (C=O) groups is 1. The summed E-state index contributed by atoms with van der Waals surface area (Å²) < 4.78 is 11.4. The number of fused-ring (bicyclic) bond motifs is 1. The Hall–Kier alpha value is -3.64. The molecule has 4 rings (SSSR count). The summed E-state index contributed by atoms with van der Waals surface area (Å²) in [5, 5.41) is 10.9. The molecule has 6 nitrogen and oxygen atoms in total. The highest BCUT2D eigenvalue weighted by Gasteiger charge is 2.15. The monoisotopic (exact) mass is 443 g/mol. The lowest BCUT2D eigenvalue weighted by Crippen LogP contribution is -2.14. The number of nitrogens with zero attached hydrogens (tertiary/aromatic N) is 1. The van der Waals surface area contributed by atoms with Crippen molar-refractivity contribution in [1.82, 2.24) is 10.2 Å². The van der Waals surface area contributed by atoms with Crippen LogP contribution in [0.3, 0.4) is 0 Å². The lowest BCUT2D eigenvalue weighted by molar-refractivity contribution is 0.0889. The van der Waals surface area contributed by atoms with Gasteiger partial charge in [-0.25, -0.2) is 0 Å². The molecule has 170 valence electrons. The molecule has 2 N–H and O–H groups in total. The molecule has 1 aromatic heterocycles. The first kappa shape index (κ1) is 22.6. The molecule has 0 fully saturated rings. The van der Waals surface area contributed by atoms with Crippen molar-refractivity contribution < 1.29 is 14.3 Å². The van der Waals surface area contributed by atoms with Gasteiger partial charge in [0.15, 0.2) is 5.82 Å². The van der Waals surface area contributed by atoms with E-state index in [2.05, 4.69) is 36.3 Å². The van der Waals surface area contributed by atoms with Crippen LogP contribution in [-0.4, -0.2) is 29.3 Å². The summed E-state index contributed by atoms with van der Waals surface area (Å²) in [4.78, 5) is 12.7. The summed E-state index contributed by atoms with van der Waals surface area (Å²) in [6, 6.07) is 23.3. The van der Waals surface area contributed by atoms with Crippen LogP contribution in [-0.2, 0) is 16.8 Å². The Labute approximate surface area is 193 Å². The topological polar surface area (TPSA) is 76.2 Å². The molecule has 0 radical (unpaired) electrons. The van der Waals surface area contributed by atoms with E-state index in [0.29, 0.717) is 37.0 Å². The third-order valence-corrected chi connectivity index (χ3v) is 5.39. The molecule has 0 aliphatic heterocycles. The van der Waals surface area contributed by atoms with Gasteiger partial charge in [-0.05, 0) is 40.8 Å². The molecule has 6 heteroatoms. The third kappa shape index (κ3) is 5.79. The molecule has 0 unspecified atom stereocenters. The second-order valence-electron chi connectivity index (χ2n) is 8.95. The maximum atomic E-state index is 12.7. The van der Waals surface area contributed by atoms with Gasteiger partial charge in [0, 0.05) is 17.0 Å². The number of nitrogens with one attached hydrogen (secondary N) is 2. The Bertz CT molecular complexity index is 1210. The largest absolute Gasteiger partial charge is 0.491 e. The maximum absolute atomic E-state index is 12.7. The van der Waals surface area contributed by atoms with Gasteiger partial charge in [0.1, 0.15) is 12.4 Å². The van der Waals surface area contributed by atoms with E-state index in [0.717, 1.165) is 16.5 Å². The van der Waals surface area contributed by atoms with Gasteiger partial charge in [0.25, 0.3) is 5.91 Å². The lowest BCUT2D eigenvalue weighted by atomic mass is 9.87. The fourth-order valence-corrected chi connectivity index (χ4v) is 3.47. The SMILES string of the molecule is CC(C)(C)c1ccc(C(=O)Nc2n[nH]c3cc(OCCOCc4ccccc4)ccc23)cc1. The third-order valence-electron chi connectivity index (χ3n) is 5.39. The fourth-order valence-electron chi connectivity index (χ4n) is 3.47. The molecule has 0 saturated carbocycles. The zero-order valence-electron chi connectivity index (χ0n) is 19.2. The summed E-state index contributed by atoms with van der Waals surface area (Å²) in [7, 11) is 0. The molecule has 1 heterocycles. The van der Waals surface area contributed by atoms with Crippen molar-refractivity contribution in [2.75, 3.05) is 18.5 Å². The molecule has 1 amide bonds. The van der Waals surface area contributed by atoms with Crippen molar-refractivity contribution in [3.05, 3.63) is 89.5 Å². The van der Waals surface area contributed by atoms with Crippen molar-refractivity contribution >= 4 is 22.6 Å². The van der Waals surface area contributed by atoms with Crippen LogP contribution in [0.25, 0.3) is 10.9 Å². The van der Waals surface area contributed by atoms with Crippen molar-refractivity contribution in [2.45, 2.75) is 32.8 Å². The van der Waals surface area contributed by atoms with Crippen LogP contribution in [0.5, 0.6) is 5.75 Å². The van der Waals surface area contributed by atoms with Gasteiger partial charge in [-0.2, -0.15) is 5.10 Å². The number of hydrogen-bond donors (Lipinski definition) is 2. The Morgan fingerprint density at radius 1 is 0.970 bits per heavy atom. The Morgan fingerprint density at radius 3 is 2.45 bits per heavy atom. The molecular formula is C27H29N3O3. The van der Waals surface area contributed by atoms with Gasteiger partial charge in [-0.15, -0.1) is 0 Å². The zero-order chi connectivity index (χ0) is 23.3. The first-order valence-corrected chi connectivity index (χ1v) is 11.0. The standard InChI is InChI=1S/C27H29N3O3/c1-27(2,3)21-11-9-20(10-12-21)26(31)28-25-23-14-13-22(17-24(23)29-30-25)33-16-15-32-18-19-7-5-4-6-8-19/h4-14,17H,15-16,18H2,1-3H3,(H2,28,29,30,31). The van der Waals surface area contributed by atoms with Crippen LogP contribution in [0.4, 0.5) is 5.82 Å². The zero-order valence-corrected chi connectivity index (χ0v) is 19.2. The maximum Gasteiger partial charge on any atom is 0.256 e. The summed E-state index contributed by atoms with van der Waals surface area (Å²) in [5.41, 5.74) is 3.74. The van der Waals surface area contributed by atoms with Crippen molar-refractivity contribution in [3.8, 4) is 5.75 Å². The van der Waals surface area contributed by atoms with Crippen molar-refractivity contribution in [2.24, 2.45) is 0 Å².